The fraction of sp³-hybridized carbons (Fsp3) is 0.278. The van der Waals surface area contributed by atoms with Crippen molar-refractivity contribution in [1.82, 2.24) is 5.32 Å². The summed E-state index contributed by atoms with van der Waals surface area (Å²) in [6.45, 7) is 0. The number of hydrogen-bond acceptors (Lipinski definition) is 2. The van der Waals surface area contributed by atoms with E-state index in [9.17, 15) is 4.79 Å². The molecule has 108 valence electrons. The first-order chi connectivity index (χ1) is 10.2. The maximum atomic E-state index is 12.1. The quantitative estimate of drug-likeness (QED) is 0.845. The van der Waals surface area contributed by atoms with Gasteiger partial charge in [-0.05, 0) is 48.1 Å². The second-order valence-electron chi connectivity index (χ2n) is 5.68. The van der Waals surface area contributed by atoms with Gasteiger partial charge in [0.2, 0.25) is 5.91 Å². The van der Waals surface area contributed by atoms with E-state index < -0.39 is 0 Å². The molecule has 3 nitrogen and oxygen atoms in total. The van der Waals surface area contributed by atoms with Crippen LogP contribution >= 0.6 is 0 Å². The monoisotopic (exact) mass is 280 g/mol. The molecule has 2 aromatic rings. The first-order valence-corrected chi connectivity index (χ1v) is 7.41. The summed E-state index contributed by atoms with van der Waals surface area (Å²) in [4.78, 5) is 12.1. The topological polar surface area (TPSA) is 55.1 Å². The summed E-state index contributed by atoms with van der Waals surface area (Å²) in [6.07, 6.45) is 3.18. The van der Waals surface area contributed by atoms with Crippen molar-refractivity contribution >= 4 is 11.6 Å². The number of aryl methyl sites for hydroxylation is 1. The Morgan fingerprint density at radius 3 is 2.29 bits per heavy atom. The third kappa shape index (κ3) is 3.43. The van der Waals surface area contributed by atoms with Crippen molar-refractivity contribution in [3.63, 3.8) is 0 Å². The lowest BCUT2D eigenvalue weighted by molar-refractivity contribution is -0.121. The van der Waals surface area contributed by atoms with E-state index in [-0.39, 0.29) is 11.9 Å². The molecule has 0 fully saturated rings. The number of carbonyl (C=O) groups is 1. The zero-order valence-electron chi connectivity index (χ0n) is 12.0. The summed E-state index contributed by atoms with van der Waals surface area (Å²) in [5.74, 6) is 0.129. The summed E-state index contributed by atoms with van der Waals surface area (Å²) in [5, 5.41) is 3.14. The molecule has 0 bridgehead atoms. The van der Waals surface area contributed by atoms with Crippen molar-refractivity contribution in [2.24, 2.45) is 0 Å². The van der Waals surface area contributed by atoms with Gasteiger partial charge in [0.15, 0.2) is 0 Å². The highest BCUT2D eigenvalue weighted by Gasteiger charge is 2.21. The molecule has 3 rings (SSSR count). The van der Waals surface area contributed by atoms with Crippen molar-refractivity contribution in [3.8, 4) is 0 Å². The first kappa shape index (κ1) is 13.7. The van der Waals surface area contributed by atoms with Crippen molar-refractivity contribution in [2.75, 3.05) is 5.73 Å². The van der Waals surface area contributed by atoms with Crippen LogP contribution in [0.4, 0.5) is 5.69 Å². The van der Waals surface area contributed by atoms with E-state index in [2.05, 4.69) is 29.6 Å². The molecule has 0 aromatic heterocycles. The number of benzene rings is 2. The summed E-state index contributed by atoms with van der Waals surface area (Å²) in [7, 11) is 0. The summed E-state index contributed by atoms with van der Waals surface area (Å²) < 4.78 is 0. The highest BCUT2D eigenvalue weighted by atomic mass is 16.1. The van der Waals surface area contributed by atoms with E-state index in [1.807, 2.05) is 24.3 Å². The Morgan fingerprint density at radius 1 is 1.05 bits per heavy atom. The molecular formula is C18H20N2O. The number of nitrogen functional groups attached to an aromatic ring is 1. The van der Waals surface area contributed by atoms with Crippen LogP contribution < -0.4 is 11.1 Å². The molecule has 0 heterocycles. The molecule has 1 aliphatic carbocycles. The Bertz CT molecular complexity index is 609. The highest BCUT2D eigenvalue weighted by molar-refractivity contribution is 5.76. The normalized spacial score (nSPS) is 13.9. The van der Waals surface area contributed by atoms with Gasteiger partial charge in [0.25, 0.3) is 0 Å². The number of hydrogen-bond donors (Lipinski definition) is 2. The zero-order valence-corrected chi connectivity index (χ0v) is 12.0. The number of amides is 1. The Labute approximate surface area is 125 Å². The molecule has 3 N–H and O–H groups in total. The molecule has 0 radical (unpaired) electrons. The molecule has 0 saturated carbocycles. The van der Waals surface area contributed by atoms with Gasteiger partial charge < -0.3 is 11.1 Å². The Kier molecular flexibility index (Phi) is 3.91. The summed E-state index contributed by atoms with van der Waals surface area (Å²) in [5.41, 5.74) is 10.3. The van der Waals surface area contributed by atoms with Gasteiger partial charge in [0.1, 0.15) is 0 Å². The van der Waals surface area contributed by atoms with Crippen molar-refractivity contribution in [1.29, 1.82) is 0 Å². The summed E-state index contributed by atoms with van der Waals surface area (Å²) in [6, 6.07) is 16.4. The van der Waals surface area contributed by atoms with Gasteiger partial charge in [-0.1, -0.05) is 36.4 Å². The van der Waals surface area contributed by atoms with Crippen LogP contribution in [-0.2, 0) is 24.1 Å². The van der Waals surface area contributed by atoms with Gasteiger partial charge in [0.05, 0.1) is 0 Å². The zero-order chi connectivity index (χ0) is 14.7. The van der Waals surface area contributed by atoms with E-state index in [1.165, 1.54) is 11.1 Å². The average molecular weight is 280 g/mol. The number of nitrogens with two attached hydrogens (primary N) is 1. The minimum atomic E-state index is 0.129. The molecule has 1 amide bonds. The number of fused-ring (bicyclic) bond motifs is 1. The number of rotatable bonds is 4. The van der Waals surface area contributed by atoms with Crippen LogP contribution in [-0.4, -0.2) is 11.9 Å². The number of carbonyl (C=O) groups excluding carboxylic acids is 1. The minimum Gasteiger partial charge on any atom is -0.399 e. The van der Waals surface area contributed by atoms with E-state index >= 15 is 0 Å². The third-order valence-electron chi connectivity index (χ3n) is 4.04. The van der Waals surface area contributed by atoms with Crippen molar-refractivity contribution in [3.05, 3.63) is 65.2 Å². The molecule has 2 aromatic carbocycles. The molecule has 0 aliphatic heterocycles. The van der Waals surface area contributed by atoms with Crippen LogP contribution in [0.15, 0.2) is 48.5 Å². The highest BCUT2D eigenvalue weighted by Crippen LogP contribution is 2.21. The standard InChI is InChI=1S/C18H20N2O/c19-16-8-5-13(6-9-16)7-10-18(21)20-17-11-14-3-1-2-4-15(14)12-17/h1-6,8-9,17H,7,10-12,19H2,(H,20,21). The largest absolute Gasteiger partial charge is 0.399 e. The third-order valence-corrected chi connectivity index (χ3v) is 4.04. The van der Waals surface area contributed by atoms with E-state index in [1.54, 1.807) is 0 Å². The lowest BCUT2D eigenvalue weighted by atomic mass is 10.1. The second-order valence-corrected chi connectivity index (χ2v) is 5.68. The second kappa shape index (κ2) is 6.00. The fourth-order valence-electron chi connectivity index (χ4n) is 2.90. The first-order valence-electron chi connectivity index (χ1n) is 7.41. The van der Waals surface area contributed by atoms with Crippen LogP contribution in [0.25, 0.3) is 0 Å². The lowest BCUT2D eigenvalue weighted by Gasteiger charge is -2.12. The molecule has 1 aliphatic rings. The Hall–Kier alpha value is -2.29. The number of anilines is 1. The van der Waals surface area contributed by atoms with Crippen LogP contribution in [0.1, 0.15) is 23.1 Å². The smallest absolute Gasteiger partial charge is 0.220 e. The van der Waals surface area contributed by atoms with Gasteiger partial charge in [-0.25, -0.2) is 0 Å². The predicted octanol–water partition coefficient (Wildman–Crippen LogP) is 2.49. The molecule has 0 unspecified atom stereocenters. The van der Waals surface area contributed by atoms with Crippen LogP contribution in [0, 0.1) is 0 Å². The van der Waals surface area contributed by atoms with Gasteiger partial charge in [-0.15, -0.1) is 0 Å². The van der Waals surface area contributed by atoms with Gasteiger partial charge >= 0.3 is 0 Å². The van der Waals surface area contributed by atoms with Gasteiger partial charge in [-0.3, -0.25) is 4.79 Å². The van der Waals surface area contributed by atoms with Crippen LogP contribution in [0.2, 0.25) is 0 Å². The maximum absolute atomic E-state index is 12.1. The minimum absolute atomic E-state index is 0.129. The SMILES string of the molecule is Nc1ccc(CCC(=O)NC2Cc3ccccc3C2)cc1. The van der Waals surface area contributed by atoms with Crippen LogP contribution in [0.5, 0.6) is 0 Å². The molecule has 3 heteroatoms. The van der Waals surface area contributed by atoms with Crippen LogP contribution in [0.3, 0.4) is 0 Å². The molecule has 0 atom stereocenters. The van der Waals surface area contributed by atoms with E-state index in [0.29, 0.717) is 6.42 Å². The summed E-state index contributed by atoms with van der Waals surface area (Å²) >= 11 is 0. The number of nitrogens with one attached hydrogen (secondary N) is 1. The fourth-order valence-corrected chi connectivity index (χ4v) is 2.90. The molecule has 0 spiro atoms. The van der Waals surface area contributed by atoms with E-state index in [4.69, 9.17) is 5.73 Å². The molecule has 0 saturated heterocycles. The average Bonchev–Trinajstić information content (AvgIpc) is 2.88. The van der Waals surface area contributed by atoms with Gasteiger partial charge in [-0.2, -0.15) is 0 Å². The Balaban J connectivity index is 1.48. The van der Waals surface area contributed by atoms with Gasteiger partial charge in [0, 0.05) is 18.2 Å². The maximum Gasteiger partial charge on any atom is 0.220 e. The predicted molar refractivity (Wildman–Crippen MR) is 85.0 cm³/mol. The lowest BCUT2D eigenvalue weighted by Crippen LogP contribution is -2.35. The van der Waals surface area contributed by atoms with Crippen molar-refractivity contribution in [2.45, 2.75) is 31.7 Å². The van der Waals surface area contributed by atoms with E-state index in [0.717, 1.165) is 30.5 Å². The van der Waals surface area contributed by atoms with Crippen molar-refractivity contribution < 1.29 is 4.79 Å². The molecular weight excluding hydrogens is 260 g/mol. The Morgan fingerprint density at radius 2 is 1.67 bits per heavy atom. The molecule has 21 heavy (non-hydrogen) atoms.